The highest BCUT2D eigenvalue weighted by molar-refractivity contribution is 9.10. The second kappa shape index (κ2) is 3.32. The summed E-state index contributed by atoms with van der Waals surface area (Å²) in [6.45, 7) is 5.30. The minimum Gasteiger partial charge on any atom is -0.289 e. The Morgan fingerprint density at radius 1 is 1.64 bits per heavy atom. The first-order valence-corrected chi connectivity index (χ1v) is 4.78. The van der Waals surface area contributed by atoms with E-state index in [0.29, 0.717) is 11.1 Å². The van der Waals surface area contributed by atoms with E-state index in [1.54, 1.807) is 6.92 Å². The van der Waals surface area contributed by atoms with Crippen molar-refractivity contribution in [3.63, 3.8) is 0 Å². The number of hydrogen-bond donors (Lipinski definition) is 0. The molecule has 0 aliphatic carbocycles. The van der Waals surface area contributed by atoms with Gasteiger partial charge in [0.1, 0.15) is 0 Å². The Hall–Kier alpha value is -0.410. The smallest absolute Gasteiger partial charge is 0.190 e. The molecule has 0 radical (unpaired) electrons. The number of thiophene rings is 1. The second-order valence-electron chi connectivity index (χ2n) is 2.24. The molecule has 0 saturated heterocycles. The molecule has 3 heteroatoms. The van der Waals surface area contributed by atoms with Gasteiger partial charge in [-0.1, -0.05) is 6.58 Å². The van der Waals surface area contributed by atoms with Crippen LogP contribution in [0.5, 0.6) is 0 Å². The van der Waals surface area contributed by atoms with Crippen molar-refractivity contribution in [2.75, 3.05) is 0 Å². The van der Waals surface area contributed by atoms with Gasteiger partial charge in [-0.25, -0.2) is 0 Å². The van der Waals surface area contributed by atoms with E-state index in [9.17, 15) is 4.79 Å². The predicted molar refractivity (Wildman–Crippen MR) is 51.2 cm³/mol. The standard InChI is InChI=1S/C8H7BrOS/c1-5(2)8(10)6-3-11-4-7(6)9/h3-4H,1H2,2H3. The molecule has 0 amide bonds. The van der Waals surface area contributed by atoms with Crippen LogP contribution in [0.2, 0.25) is 0 Å². The van der Waals surface area contributed by atoms with Crippen LogP contribution >= 0.6 is 27.3 Å². The minimum atomic E-state index is 0.0122. The fraction of sp³-hybridized carbons (Fsp3) is 0.125. The third-order valence-corrected chi connectivity index (χ3v) is 2.95. The van der Waals surface area contributed by atoms with Crippen molar-refractivity contribution in [3.8, 4) is 0 Å². The summed E-state index contributed by atoms with van der Waals surface area (Å²) in [5, 5.41) is 3.71. The Morgan fingerprint density at radius 2 is 2.27 bits per heavy atom. The van der Waals surface area contributed by atoms with Gasteiger partial charge in [0.25, 0.3) is 0 Å². The number of halogens is 1. The summed E-state index contributed by atoms with van der Waals surface area (Å²) in [6, 6.07) is 0. The van der Waals surface area contributed by atoms with E-state index in [1.165, 1.54) is 11.3 Å². The summed E-state index contributed by atoms with van der Waals surface area (Å²) in [7, 11) is 0. The fourth-order valence-corrected chi connectivity index (χ4v) is 2.13. The van der Waals surface area contributed by atoms with Crippen molar-refractivity contribution in [2.45, 2.75) is 6.92 Å². The molecule has 1 nitrogen and oxygen atoms in total. The van der Waals surface area contributed by atoms with Crippen LogP contribution in [0, 0.1) is 0 Å². The van der Waals surface area contributed by atoms with Crippen molar-refractivity contribution < 1.29 is 4.79 Å². The molecule has 0 unspecified atom stereocenters. The van der Waals surface area contributed by atoms with E-state index in [1.807, 2.05) is 10.8 Å². The van der Waals surface area contributed by atoms with E-state index in [2.05, 4.69) is 22.5 Å². The van der Waals surface area contributed by atoms with Crippen LogP contribution < -0.4 is 0 Å². The molecule has 0 aliphatic rings. The molecule has 11 heavy (non-hydrogen) atoms. The predicted octanol–water partition coefficient (Wildman–Crippen LogP) is 3.27. The van der Waals surface area contributed by atoms with E-state index in [4.69, 9.17) is 0 Å². The van der Waals surface area contributed by atoms with Crippen molar-refractivity contribution in [2.24, 2.45) is 0 Å². The molecule has 0 N–H and O–H groups in total. The number of allylic oxidation sites excluding steroid dienone is 1. The summed E-state index contributed by atoms with van der Waals surface area (Å²) in [6.07, 6.45) is 0. The van der Waals surface area contributed by atoms with Gasteiger partial charge in [-0.2, -0.15) is 11.3 Å². The van der Waals surface area contributed by atoms with Crippen LogP contribution in [0.3, 0.4) is 0 Å². The molecule has 0 saturated carbocycles. The van der Waals surface area contributed by atoms with Gasteiger partial charge in [0.05, 0.1) is 0 Å². The van der Waals surface area contributed by atoms with E-state index in [-0.39, 0.29) is 5.78 Å². The van der Waals surface area contributed by atoms with Gasteiger partial charge in [-0.15, -0.1) is 0 Å². The van der Waals surface area contributed by atoms with E-state index >= 15 is 0 Å². The van der Waals surface area contributed by atoms with Crippen molar-refractivity contribution in [1.29, 1.82) is 0 Å². The van der Waals surface area contributed by atoms with Crippen LogP contribution in [-0.2, 0) is 0 Å². The van der Waals surface area contributed by atoms with Crippen LogP contribution in [0.15, 0.2) is 27.4 Å². The molecule has 0 atom stereocenters. The minimum absolute atomic E-state index is 0.0122. The number of Topliss-reactive ketones (excluding diaryl/α,β-unsaturated/α-hetero) is 1. The first-order valence-electron chi connectivity index (χ1n) is 3.05. The van der Waals surface area contributed by atoms with Gasteiger partial charge >= 0.3 is 0 Å². The first kappa shape index (κ1) is 8.68. The molecule has 58 valence electrons. The normalized spacial score (nSPS) is 9.64. The first-order chi connectivity index (χ1) is 5.13. The number of carbonyl (C=O) groups is 1. The Labute approximate surface area is 77.9 Å². The van der Waals surface area contributed by atoms with Crippen molar-refractivity contribution in [1.82, 2.24) is 0 Å². The highest BCUT2D eigenvalue weighted by Crippen LogP contribution is 2.23. The SMILES string of the molecule is C=C(C)C(=O)c1cscc1Br. The lowest BCUT2D eigenvalue weighted by Crippen LogP contribution is -1.97. The number of rotatable bonds is 2. The zero-order chi connectivity index (χ0) is 8.43. The lowest BCUT2D eigenvalue weighted by molar-refractivity contribution is 0.103. The zero-order valence-electron chi connectivity index (χ0n) is 6.06. The third-order valence-electron chi connectivity index (χ3n) is 1.25. The van der Waals surface area contributed by atoms with Gasteiger partial charge in [0.15, 0.2) is 5.78 Å². The molecule has 1 aromatic rings. The Morgan fingerprint density at radius 3 is 2.64 bits per heavy atom. The van der Waals surface area contributed by atoms with Crippen LogP contribution in [0.4, 0.5) is 0 Å². The molecule has 0 spiro atoms. The summed E-state index contributed by atoms with van der Waals surface area (Å²) < 4.78 is 0.857. The van der Waals surface area contributed by atoms with Gasteiger partial charge in [0.2, 0.25) is 0 Å². The number of hydrogen-bond acceptors (Lipinski definition) is 2. The van der Waals surface area contributed by atoms with E-state index in [0.717, 1.165) is 4.47 Å². The molecule has 0 aliphatic heterocycles. The van der Waals surface area contributed by atoms with Gasteiger partial charge in [0, 0.05) is 20.8 Å². The largest absolute Gasteiger partial charge is 0.289 e. The molecule has 0 aromatic carbocycles. The van der Waals surface area contributed by atoms with E-state index < -0.39 is 0 Å². The highest BCUT2D eigenvalue weighted by Gasteiger charge is 2.10. The third kappa shape index (κ3) is 1.79. The molecular weight excluding hydrogens is 224 g/mol. The van der Waals surface area contributed by atoms with Crippen molar-refractivity contribution in [3.05, 3.63) is 32.9 Å². The summed E-state index contributed by atoms with van der Waals surface area (Å²) >= 11 is 4.79. The topological polar surface area (TPSA) is 17.1 Å². The monoisotopic (exact) mass is 230 g/mol. The van der Waals surface area contributed by atoms with Crippen LogP contribution in [0.25, 0.3) is 0 Å². The van der Waals surface area contributed by atoms with Gasteiger partial charge < -0.3 is 0 Å². The lowest BCUT2D eigenvalue weighted by Gasteiger charge is -1.94. The Balaban J connectivity index is 3.02. The molecule has 1 rings (SSSR count). The molecule has 0 bridgehead atoms. The average molecular weight is 231 g/mol. The Kier molecular flexibility index (Phi) is 2.62. The summed E-state index contributed by atoms with van der Waals surface area (Å²) in [5.41, 5.74) is 1.28. The fourth-order valence-electron chi connectivity index (χ4n) is 0.673. The maximum Gasteiger partial charge on any atom is 0.190 e. The molecular formula is C8H7BrOS. The number of carbonyl (C=O) groups excluding carboxylic acids is 1. The quantitative estimate of drug-likeness (QED) is 0.563. The summed E-state index contributed by atoms with van der Waals surface area (Å²) in [5.74, 6) is 0.0122. The summed E-state index contributed by atoms with van der Waals surface area (Å²) in [4.78, 5) is 11.3. The molecule has 1 heterocycles. The maximum atomic E-state index is 11.3. The molecule has 0 fully saturated rings. The second-order valence-corrected chi connectivity index (χ2v) is 3.84. The van der Waals surface area contributed by atoms with Gasteiger partial charge in [-0.05, 0) is 28.4 Å². The maximum absolute atomic E-state index is 11.3. The molecule has 1 aromatic heterocycles. The Bertz CT molecular complexity index is 301. The highest BCUT2D eigenvalue weighted by atomic mass is 79.9. The zero-order valence-corrected chi connectivity index (χ0v) is 8.46. The van der Waals surface area contributed by atoms with Crippen LogP contribution in [-0.4, -0.2) is 5.78 Å². The van der Waals surface area contributed by atoms with Crippen molar-refractivity contribution >= 4 is 33.0 Å². The lowest BCUT2D eigenvalue weighted by atomic mass is 10.1. The average Bonchev–Trinajstić information content (AvgIpc) is 2.33. The number of ketones is 1. The van der Waals surface area contributed by atoms with Gasteiger partial charge in [-0.3, -0.25) is 4.79 Å². The van der Waals surface area contributed by atoms with Crippen LogP contribution in [0.1, 0.15) is 17.3 Å².